The Morgan fingerprint density at radius 2 is 2.00 bits per heavy atom. The Hall–Kier alpha value is -0.870. The molecule has 1 aromatic rings. The fourth-order valence-corrected chi connectivity index (χ4v) is 1.70. The summed E-state index contributed by atoms with van der Waals surface area (Å²) >= 11 is 1.75. The van der Waals surface area contributed by atoms with Crippen molar-refractivity contribution in [1.82, 2.24) is 5.32 Å². The lowest BCUT2D eigenvalue weighted by Gasteiger charge is -2.22. The third-order valence-corrected chi connectivity index (χ3v) is 4.19. The first-order valence-corrected chi connectivity index (χ1v) is 7.32. The van der Waals surface area contributed by atoms with Gasteiger partial charge in [-0.25, -0.2) is 0 Å². The Morgan fingerprint density at radius 3 is 2.58 bits per heavy atom. The Bertz CT molecular complexity index is 410. The second-order valence-corrected chi connectivity index (χ2v) is 6.45. The van der Waals surface area contributed by atoms with E-state index in [1.54, 1.807) is 11.8 Å². The number of hydrogen-bond donors (Lipinski definition) is 2. The molecule has 0 bridgehead atoms. The molecule has 0 aliphatic rings. The van der Waals surface area contributed by atoms with Crippen LogP contribution in [0.5, 0.6) is 0 Å². The molecule has 1 rings (SSSR count). The van der Waals surface area contributed by atoms with Crippen LogP contribution in [-0.2, 0) is 11.2 Å². The largest absolute Gasteiger partial charge is 0.399 e. The highest BCUT2D eigenvalue weighted by molar-refractivity contribution is 7.99. The monoisotopic (exact) mass is 302 g/mol. The van der Waals surface area contributed by atoms with Gasteiger partial charge < -0.3 is 11.1 Å². The van der Waals surface area contributed by atoms with E-state index in [1.165, 1.54) is 0 Å². The van der Waals surface area contributed by atoms with Crippen molar-refractivity contribution in [2.24, 2.45) is 0 Å². The Labute approximate surface area is 126 Å². The van der Waals surface area contributed by atoms with E-state index in [2.05, 4.69) is 25.4 Å². The molecule has 3 nitrogen and oxygen atoms in total. The Morgan fingerprint density at radius 1 is 1.37 bits per heavy atom. The minimum atomic E-state index is 0. The van der Waals surface area contributed by atoms with E-state index in [9.17, 15) is 4.79 Å². The number of aryl methyl sites for hydroxylation is 1. The maximum atomic E-state index is 11.7. The van der Waals surface area contributed by atoms with Gasteiger partial charge in [0, 0.05) is 23.4 Å². The minimum absolute atomic E-state index is 0. The van der Waals surface area contributed by atoms with Crippen LogP contribution in [0.15, 0.2) is 24.3 Å². The highest BCUT2D eigenvalue weighted by Crippen LogP contribution is 2.19. The first kappa shape index (κ1) is 18.1. The first-order valence-electron chi connectivity index (χ1n) is 6.10. The number of halogens is 1. The molecule has 0 heterocycles. The molecule has 0 spiro atoms. The van der Waals surface area contributed by atoms with Gasteiger partial charge in [0.05, 0.1) is 0 Å². The second-order valence-electron chi connectivity index (χ2n) is 4.94. The number of para-hydroxylation sites is 1. The average Bonchev–Trinajstić information content (AvgIpc) is 2.35. The number of hydrogen-bond acceptors (Lipinski definition) is 3. The summed E-state index contributed by atoms with van der Waals surface area (Å²) in [6.45, 7) is 4.93. The van der Waals surface area contributed by atoms with E-state index >= 15 is 0 Å². The summed E-state index contributed by atoms with van der Waals surface area (Å²) in [5, 5.41) is 2.96. The van der Waals surface area contributed by atoms with Crippen molar-refractivity contribution in [3.05, 3.63) is 29.8 Å². The summed E-state index contributed by atoms with van der Waals surface area (Å²) in [6.07, 6.45) is 3.23. The van der Waals surface area contributed by atoms with Gasteiger partial charge in [-0.3, -0.25) is 4.79 Å². The molecular weight excluding hydrogens is 280 g/mol. The van der Waals surface area contributed by atoms with Crippen LogP contribution in [0.25, 0.3) is 0 Å². The maximum Gasteiger partial charge on any atom is 0.220 e. The number of amides is 1. The first-order chi connectivity index (χ1) is 8.44. The van der Waals surface area contributed by atoms with Crippen LogP contribution in [0.4, 0.5) is 5.69 Å². The summed E-state index contributed by atoms with van der Waals surface area (Å²) < 4.78 is 0.0848. The molecular formula is C14H23ClN2OS. The van der Waals surface area contributed by atoms with Crippen molar-refractivity contribution in [3.8, 4) is 0 Å². The molecule has 1 amide bonds. The number of thioether (sulfide) groups is 1. The van der Waals surface area contributed by atoms with Crippen molar-refractivity contribution in [1.29, 1.82) is 0 Å². The van der Waals surface area contributed by atoms with Gasteiger partial charge in [-0.05, 0) is 38.2 Å². The lowest BCUT2D eigenvalue weighted by Crippen LogP contribution is -2.36. The van der Waals surface area contributed by atoms with Crippen molar-refractivity contribution in [2.45, 2.75) is 31.4 Å². The fourth-order valence-electron chi connectivity index (χ4n) is 1.48. The number of anilines is 1. The number of carbonyl (C=O) groups is 1. The molecule has 0 aromatic heterocycles. The zero-order valence-electron chi connectivity index (χ0n) is 11.7. The van der Waals surface area contributed by atoms with Crippen LogP contribution in [-0.4, -0.2) is 23.5 Å². The molecule has 0 aliphatic heterocycles. The van der Waals surface area contributed by atoms with Gasteiger partial charge in [0.2, 0.25) is 5.91 Å². The number of nitrogen functional groups attached to an aromatic ring is 1. The van der Waals surface area contributed by atoms with Crippen LogP contribution in [0.1, 0.15) is 25.8 Å². The van der Waals surface area contributed by atoms with Crippen molar-refractivity contribution < 1.29 is 4.79 Å². The quantitative estimate of drug-likeness (QED) is 0.795. The van der Waals surface area contributed by atoms with Crippen molar-refractivity contribution in [3.63, 3.8) is 0 Å². The number of benzene rings is 1. The fraction of sp³-hybridized carbons (Fsp3) is 0.500. The molecule has 0 unspecified atom stereocenters. The lowest BCUT2D eigenvalue weighted by atomic mass is 10.1. The summed E-state index contributed by atoms with van der Waals surface area (Å²) in [5.74, 6) is 0.0837. The average molecular weight is 303 g/mol. The molecule has 0 saturated carbocycles. The number of rotatable bonds is 6. The Balaban J connectivity index is 0.00000324. The molecule has 1 aromatic carbocycles. The topological polar surface area (TPSA) is 55.1 Å². The lowest BCUT2D eigenvalue weighted by molar-refractivity contribution is -0.121. The minimum Gasteiger partial charge on any atom is -0.399 e. The summed E-state index contributed by atoms with van der Waals surface area (Å²) in [6, 6.07) is 7.68. The van der Waals surface area contributed by atoms with Gasteiger partial charge in [0.1, 0.15) is 0 Å². The predicted octanol–water partition coefficient (Wildman–Crippen LogP) is 2.88. The van der Waals surface area contributed by atoms with Crippen LogP contribution in [0, 0.1) is 0 Å². The third kappa shape index (κ3) is 6.73. The highest BCUT2D eigenvalue weighted by atomic mass is 35.5. The third-order valence-electron chi connectivity index (χ3n) is 2.94. The van der Waals surface area contributed by atoms with Gasteiger partial charge in [0.15, 0.2) is 0 Å². The van der Waals surface area contributed by atoms with Crippen molar-refractivity contribution >= 4 is 35.8 Å². The maximum absolute atomic E-state index is 11.7. The van der Waals surface area contributed by atoms with Gasteiger partial charge in [-0.15, -0.1) is 12.4 Å². The molecule has 19 heavy (non-hydrogen) atoms. The highest BCUT2D eigenvalue weighted by Gasteiger charge is 2.16. The molecule has 5 heteroatoms. The zero-order chi connectivity index (χ0) is 13.6. The summed E-state index contributed by atoms with van der Waals surface area (Å²) in [4.78, 5) is 11.7. The van der Waals surface area contributed by atoms with E-state index in [0.717, 1.165) is 11.3 Å². The molecule has 3 N–H and O–H groups in total. The van der Waals surface area contributed by atoms with E-state index < -0.39 is 0 Å². The number of nitrogens with one attached hydrogen (secondary N) is 1. The predicted molar refractivity (Wildman–Crippen MR) is 87.0 cm³/mol. The van der Waals surface area contributed by atoms with Crippen LogP contribution >= 0.6 is 24.2 Å². The SMILES string of the molecule is CSC(C)(C)CNC(=O)CCc1ccccc1N.Cl. The molecule has 0 saturated heterocycles. The molecule has 0 radical (unpaired) electrons. The van der Waals surface area contributed by atoms with Crippen LogP contribution in [0.3, 0.4) is 0 Å². The van der Waals surface area contributed by atoms with E-state index in [0.29, 0.717) is 19.4 Å². The summed E-state index contributed by atoms with van der Waals surface area (Å²) in [7, 11) is 0. The second kappa shape index (κ2) is 8.33. The van der Waals surface area contributed by atoms with Crippen LogP contribution < -0.4 is 11.1 Å². The van der Waals surface area contributed by atoms with Crippen LogP contribution in [0.2, 0.25) is 0 Å². The zero-order valence-corrected chi connectivity index (χ0v) is 13.4. The van der Waals surface area contributed by atoms with Crippen molar-refractivity contribution in [2.75, 3.05) is 18.5 Å². The van der Waals surface area contributed by atoms with E-state index in [1.807, 2.05) is 24.3 Å². The van der Waals surface area contributed by atoms with Gasteiger partial charge in [0.25, 0.3) is 0 Å². The summed E-state index contributed by atoms with van der Waals surface area (Å²) in [5.41, 5.74) is 7.63. The van der Waals surface area contributed by atoms with Gasteiger partial charge in [-0.1, -0.05) is 18.2 Å². The van der Waals surface area contributed by atoms with Gasteiger partial charge in [-0.2, -0.15) is 11.8 Å². The molecule has 0 aliphatic carbocycles. The Kier molecular flexibility index (Phi) is 7.95. The van der Waals surface area contributed by atoms with E-state index in [-0.39, 0.29) is 23.1 Å². The molecule has 0 fully saturated rings. The van der Waals surface area contributed by atoms with E-state index in [4.69, 9.17) is 5.73 Å². The molecule has 108 valence electrons. The standard InChI is InChI=1S/C14H22N2OS.ClH/c1-14(2,18-3)10-16-13(17)9-8-11-6-4-5-7-12(11)15;/h4-7H,8-10,15H2,1-3H3,(H,16,17);1H. The number of carbonyl (C=O) groups excluding carboxylic acids is 1. The molecule has 0 atom stereocenters. The smallest absolute Gasteiger partial charge is 0.220 e. The normalized spacial score (nSPS) is 10.7. The van der Waals surface area contributed by atoms with Gasteiger partial charge >= 0.3 is 0 Å². The number of nitrogens with two attached hydrogens (primary N) is 1.